The SMILES string of the molecule is CC(C)(C)c1ccc(O)c(C=NN=C(N)N)c1. The van der Waals surface area contributed by atoms with Crippen LogP contribution in [-0.2, 0) is 5.41 Å². The van der Waals surface area contributed by atoms with E-state index in [0.717, 1.165) is 5.56 Å². The van der Waals surface area contributed by atoms with Crippen LogP contribution in [0, 0.1) is 0 Å². The number of phenolic OH excluding ortho intramolecular Hbond substituents is 1. The van der Waals surface area contributed by atoms with E-state index < -0.39 is 0 Å². The number of hydrogen-bond donors (Lipinski definition) is 3. The Bertz CT molecular complexity index is 454. The summed E-state index contributed by atoms with van der Waals surface area (Å²) >= 11 is 0. The van der Waals surface area contributed by atoms with Crippen LogP contribution in [0.1, 0.15) is 31.9 Å². The molecule has 1 aromatic rings. The first-order chi connectivity index (χ1) is 7.80. The zero-order valence-electron chi connectivity index (χ0n) is 10.3. The normalized spacial score (nSPS) is 11.7. The number of benzene rings is 1. The molecule has 0 radical (unpaired) electrons. The Kier molecular flexibility index (Phi) is 3.73. The van der Waals surface area contributed by atoms with Gasteiger partial charge in [0.2, 0.25) is 5.96 Å². The van der Waals surface area contributed by atoms with Crippen molar-refractivity contribution in [2.24, 2.45) is 21.7 Å². The maximum atomic E-state index is 9.66. The highest BCUT2D eigenvalue weighted by molar-refractivity contribution is 5.84. The third kappa shape index (κ3) is 3.79. The van der Waals surface area contributed by atoms with Gasteiger partial charge in [-0.15, -0.1) is 5.10 Å². The van der Waals surface area contributed by atoms with Crippen molar-refractivity contribution < 1.29 is 5.11 Å². The summed E-state index contributed by atoms with van der Waals surface area (Å²) in [5, 5.41) is 16.8. The van der Waals surface area contributed by atoms with Crippen molar-refractivity contribution in [3.05, 3.63) is 29.3 Å². The Morgan fingerprint density at radius 3 is 2.47 bits per heavy atom. The lowest BCUT2D eigenvalue weighted by atomic mass is 9.86. The largest absolute Gasteiger partial charge is 0.507 e. The van der Waals surface area contributed by atoms with Gasteiger partial charge in [0.25, 0.3) is 0 Å². The molecule has 0 aromatic heterocycles. The van der Waals surface area contributed by atoms with E-state index >= 15 is 0 Å². The van der Waals surface area contributed by atoms with Gasteiger partial charge in [-0.3, -0.25) is 0 Å². The standard InChI is InChI=1S/C12H18N4O/c1-12(2,3)9-4-5-10(17)8(6-9)7-15-16-11(13)14/h4-7,17H,1-3H3,(H4,13,14,16). The van der Waals surface area contributed by atoms with Crippen LogP contribution in [0.5, 0.6) is 5.75 Å². The average molecular weight is 234 g/mol. The molecule has 0 heterocycles. The van der Waals surface area contributed by atoms with E-state index in [-0.39, 0.29) is 17.1 Å². The van der Waals surface area contributed by atoms with Crippen LogP contribution in [0.2, 0.25) is 0 Å². The molecule has 17 heavy (non-hydrogen) atoms. The lowest BCUT2D eigenvalue weighted by Gasteiger charge is -2.19. The second-order valence-corrected chi connectivity index (χ2v) is 4.79. The zero-order chi connectivity index (χ0) is 13.1. The first kappa shape index (κ1) is 13.0. The molecule has 0 saturated heterocycles. The Morgan fingerprint density at radius 1 is 1.29 bits per heavy atom. The van der Waals surface area contributed by atoms with E-state index in [1.165, 1.54) is 6.21 Å². The third-order valence-corrected chi connectivity index (χ3v) is 2.26. The molecule has 0 aliphatic heterocycles. The van der Waals surface area contributed by atoms with E-state index in [1.807, 2.05) is 12.1 Å². The first-order valence-corrected chi connectivity index (χ1v) is 5.26. The maximum absolute atomic E-state index is 9.66. The number of guanidine groups is 1. The molecule has 0 amide bonds. The molecule has 0 aliphatic carbocycles. The van der Waals surface area contributed by atoms with Gasteiger partial charge in [0.1, 0.15) is 5.75 Å². The van der Waals surface area contributed by atoms with Crippen molar-refractivity contribution in [3.63, 3.8) is 0 Å². The molecule has 1 aromatic carbocycles. The number of hydrogen-bond acceptors (Lipinski definition) is 3. The van der Waals surface area contributed by atoms with E-state index in [4.69, 9.17) is 11.5 Å². The van der Waals surface area contributed by atoms with Crippen LogP contribution >= 0.6 is 0 Å². The summed E-state index contributed by atoms with van der Waals surface area (Å²) in [7, 11) is 0. The molecule has 0 fully saturated rings. The summed E-state index contributed by atoms with van der Waals surface area (Å²) in [5.41, 5.74) is 12.0. The summed E-state index contributed by atoms with van der Waals surface area (Å²) in [6.07, 6.45) is 1.42. The predicted molar refractivity (Wildman–Crippen MR) is 70.2 cm³/mol. The van der Waals surface area contributed by atoms with Crippen molar-refractivity contribution in [2.75, 3.05) is 0 Å². The van der Waals surface area contributed by atoms with Gasteiger partial charge < -0.3 is 16.6 Å². The molecular weight excluding hydrogens is 216 g/mol. The predicted octanol–water partition coefficient (Wildman–Crippen LogP) is 1.30. The van der Waals surface area contributed by atoms with Crippen LogP contribution in [0.4, 0.5) is 0 Å². The molecule has 1 rings (SSSR count). The Balaban J connectivity index is 3.08. The van der Waals surface area contributed by atoms with E-state index in [1.54, 1.807) is 6.07 Å². The zero-order valence-corrected chi connectivity index (χ0v) is 10.3. The van der Waals surface area contributed by atoms with E-state index in [9.17, 15) is 5.11 Å². The fraction of sp³-hybridized carbons (Fsp3) is 0.333. The molecule has 0 spiro atoms. The molecule has 0 atom stereocenters. The highest BCUT2D eigenvalue weighted by atomic mass is 16.3. The summed E-state index contributed by atoms with van der Waals surface area (Å²) in [6, 6.07) is 5.38. The molecular formula is C12H18N4O. The minimum Gasteiger partial charge on any atom is -0.507 e. The number of aromatic hydroxyl groups is 1. The van der Waals surface area contributed by atoms with Crippen LogP contribution in [-0.4, -0.2) is 17.3 Å². The quantitative estimate of drug-likeness (QED) is 0.408. The summed E-state index contributed by atoms with van der Waals surface area (Å²) in [6.45, 7) is 6.28. The van der Waals surface area contributed by atoms with Gasteiger partial charge in [-0.1, -0.05) is 26.8 Å². The molecule has 5 heteroatoms. The Morgan fingerprint density at radius 2 is 1.94 bits per heavy atom. The lowest BCUT2D eigenvalue weighted by Crippen LogP contribution is -2.21. The van der Waals surface area contributed by atoms with Crippen molar-refractivity contribution in [1.29, 1.82) is 0 Å². The monoisotopic (exact) mass is 234 g/mol. The van der Waals surface area contributed by atoms with E-state index in [2.05, 4.69) is 31.0 Å². The van der Waals surface area contributed by atoms with Gasteiger partial charge in [-0.2, -0.15) is 5.10 Å². The smallest absolute Gasteiger partial charge is 0.211 e. The fourth-order valence-corrected chi connectivity index (χ4v) is 1.28. The summed E-state index contributed by atoms with van der Waals surface area (Å²) in [4.78, 5) is 0. The van der Waals surface area contributed by atoms with Gasteiger partial charge in [-0.25, -0.2) is 0 Å². The van der Waals surface area contributed by atoms with Crippen LogP contribution in [0.3, 0.4) is 0 Å². The second kappa shape index (κ2) is 4.86. The highest BCUT2D eigenvalue weighted by Gasteiger charge is 2.14. The van der Waals surface area contributed by atoms with Gasteiger partial charge in [0.05, 0.1) is 6.21 Å². The number of phenols is 1. The number of nitrogens with zero attached hydrogens (tertiary/aromatic N) is 2. The van der Waals surface area contributed by atoms with E-state index in [0.29, 0.717) is 5.56 Å². The van der Waals surface area contributed by atoms with Gasteiger partial charge in [0, 0.05) is 5.56 Å². The van der Waals surface area contributed by atoms with Crippen molar-refractivity contribution in [3.8, 4) is 5.75 Å². The molecule has 0 saturated carbocycles. The molecule has 0 unspecified atom stereocenters. The Labute approximate surface area is 101 Å². The van der Waals surface area contributed by atoms with Gasteiger partial charge in [-0.05, 0) is 23.1 Å². The topological polar surface area (TPSA) is 97.0 Å². The summed E-state index contributed by atoms with van der Waals surface area (Å²) < 4.78 is 0. The molecule has 5 N–H and O–H groups in total. The summed E-state index contributed by atoms with van der Waals surface area (Å²) in [5.74, 6) is 0.0280. The van der Waals surface area contributed by atoms with Crippen LogP contribution < -0.4 is 11.5 Å². The van der Waals surface area contributed by atoms with Gasteiger partial charge in [0.15, 0.2) is 0 Å². The van der Waals surface area contributed by atoms with Crippen LogP contribution in [0.15, 0.2) is 28.4 Å². The van der Waals surface area contributed by atoms with Crippen molar-refractivity contribution in [1.82, 2.24) is 0 Å². The average Bonchev–Trinajstić information content (AvgIpc) is 2.18. The van der Waals surface area contributed by atoms with Crippen molar-refractivity contribution in [2.45, 2.75) is 26.2 Å². The first-order valence-electron chi connectivity index (χ1n) is 5.26. The molecule has 5 nitrogen and oxygen atoms in total. The number of nitrogens with two attached hydrogens (primary N) is 2. The minimum atomic E-state index is -0.118. The van der Waals surface area contributed by atoms with Crippen LogP contribution in [0.25, 0.3) is 0 Å². The second-order valence-electron chi connectivity index (χ2n) is 4.79. The molecule has 92 valence electrons. The third-order valence-electron chi connectivity index (χ3n) is 2.26. The van der Waals surface area contributed by atoms with Gasteiger partial charge >= 0.3 is 0 Å². The lowest BCUT2D eigenvalue weighted by molar-refractivity contribution is 0.473. The maximum Gasteiger partial charge on any atom is 0.211 e. The molecule has 0 bridgehead atoms. The highest BCUT2D eigenvalue weighted by Crippen LogP contribution is 2.26. The Hall–Kier alpha value is -2.04. The molecule has 0 aliphatic rings. The number of rotatable bonds is 2. The fourth-order valence-electron chi connectivity index (χ4n) is 1.28. The minimum absolute atomic E-state index is 0.00640. The van der Waals surface area contributed by atoms with Crippen molar-refractivity contribution >= 4 is 12.2 Å².